The number of carbonyl (C=O) groups is 1. The SMILES string of the molecule is CCOc1cc(C2C3=C(CC(C)(C)CC3=O)Nc3nc(SCC)nn32)ccc1OCc1ccc(Cl)cc1. The van der Waals surface area contributed by atoms with Crippen LogP contribution in [-0.2, 0) is 11.4 Å². The number of nitrogens with zero attached hydrogens (tertiary/aromatic N) is 3. The molecule has 1 aromatic heterocycles. The Kier molecular flexibility index (Phi) is 7.23. The number of hydrogen-bond acceptors (Lipinski definition) is 7. The van der Waals surface area contributed by atoms with Gasteiger partial charge in [-0.25, -0.2) is 4.68 Å². The van der Waals surface area contributed by atoms with Crippen LogP contribution in [0, 0.1) is 5.41 Å². The molecule has 2 aromatic carbocycles. The average Bonchev–Trinajstić information content (AvgIpc) is 3.24. The lowest BCUT2D eigenvalue weighted by atomic mass is 9.73. The summed E-state index contributed by atoms with van der Waals surface area (Å²) in [5.41, 5.74) is 3.48. The number of fused-ring (bicyclic) bond motifs is 1. The molecular weight excluding hydrogens is 508 g/mol. The van der Waals surface area contributed by atoms with Crippen molar-refractivity contribution in [3.63, 3.8) is 0 Å². The van der Waals surface area contributed by atoms with E-state index in [0.29, 0.717) is 47.3 Å². The van der Waals surface area contributed by atoms with Crippen molar-refractivity contribution in [2.75, 3.05) is 17.7 Å². The van der Waals surface area contributed by atoms with Crippen molar-refractivity contribution >= 4 is 35.1 Å². The topological polar surface area (TPSA) is 78.3 Å². The maximum atomic E-state index is 13.5. The summed E-state index contributed by atoms with van der Waals surface area (Å²) in [4.78, 5) is 18.2. The van der Waals surface area contributed by atoms with E-state index < -0.39 is 6.04 Å². The molecule has 0 fully saturated rings. The second-order valence-electron chi connectivity index (χ2n) is 10.0. The molecule has 3 aromatic rings. The summed E-state index contributed by atoms with van der Waals surface area (Å²) in [6, 6.07) is 13.0. The van der Waals surface area contributed by atoms with Crippen molar-refractivity contribution in [2.45, 2.75) is 58.3 Å². The third-order valence-electron chi connectivity index (χ3n) is 6.48. The fourth-order valence-corrected chi connectivity index (χ4v) is 5.59. The van der Waals surface area contributed by atoms with Gasteiger partial charge in [-0.05, 0) is 59.9 Å². The number of benzene rings is 2. The molecule has 1 atom stereocenters. The third-order valence-corrected chi connectivity index (χ3v) is 7.45. The van der Waals surface area contributed by atoms with Crippen LogP contribution in [-0.4, -0.2) is 32.9 Å². The van der Waals surface area contributed by atoms with Crippen molar-refractivity contribution < 1.29 is 14.3 Å². The van der Waals surface area contributed by atoms with E-state index in [-0.39, 0.29) is 11.2 Å². The number of allylic oxidation sites excluding steroid dienone is 2. The van der Waals surface area contributed by atoms with E-state index in [1.54, 1.807) is 11.8 Å². The number of ether oxygens (including phenoxy) is 2. The molecule has 0 bridgehead atoms. The number of aromatic nitrogens is 3. The second-order valence-corrected chi connectivity index (χ2v) is 11.7. The van der Waals surface area contributed by atoms with Crippen LogP contribution >= 0.6 is 23.4 Å². The molecule has 0 saturated heterocycles. The zero-order valence-corrected chi connectivity index (χ0v) is 23.1. The zero-order valence-electron chi connectivity index (χ0n) is 21.5. The molecule has 9 heteroatoms. The molecule has 37 heavy (non-hydrogen) atoms. The first-order chi connectivity index (χ1) is 17.8. The molecule has 1 unspecified atom stereocenters. The van der Waals surface area contributed by atoms with Crippen LogP contribution in [0.1, 0.15) is 57.7 Å². The Bertz CT molecular complexity index is 1350. The van der Waals surface area contributed by atoms with Crippen LogP contribution in [0.2, 0.25) is 5.02 Å². The first-order valence-corrected chi connectivity index (χ1v) is 13.9. The normalized spacial score (nSPS) is 18.2. The highest BCUT2D eigenvalue weighted by Crippen LogP contribution is 2.46. The first-order valence-electron chi connectivity index (χ1n) is 12.5. The predicted octanol–water partition coefficient (Wildman–Crippen LogP) is 6.68. The van der Waals surface area contributed by atoms with E-state index in [2.05, 4.69) is 26.1 Å². The van der Waals surface area contributed by atoms with Crippen molar-refractivity contribution in [3.8, 4) is 11.5 Å². The van der Waals surface area contributed by atoms with Gasteiger partial charge in [-0.2, -0.15) is 4.98 Å². The monoisotopic (exact) mass is 538 g/mol. The number of anilines is 1. The van der Waals surface area contributed by atoms with Gasteiger partial charge in [0.25, 0.3) is 0 Å². The lowest BCUT2D eigenvalue weighted by molar-refractivity contribution is -0.118. The highest BCUT2D eigenvalue weighted by Gasteiger charge is 2.42. The Morgan fingerprint density at radius 3 is 2.62 bits per heavy atom. The van der Waals surface area contributed by atoms with Gasteiger partial charge in [0.2, 0.25) is 11.1 Å². The summed E-state index contributed by atoms with van der Waals surface area (Å²) in [5, 5.41) is 9.58. The summed E-state index contributed by atoms with van der Waals surface area (Å²) in [7, 11) is 0. The average molecular weight is 539 g/mol. The predicted molar refractivity (Wildman–Crippen MR) is 147 cm³/mol. The standard InChI is InChI=1S/C28H31ClN4O3S/c1-5-35-23-13-18(9-12-22(23)36-16-17-7-10-19(29)11-8-17)25-24-20(14-28(3,4)15-21(24)34)30-26-31-27(37-6-2)32-33(25)26/h7-13,25H,5-6,14-16H2,1-4H3,(H,30,31,32). The van der Waals surface area contributed by atoms with Crippen LogP contribution in [0.5, 0.6) is 11.5 Å². The molecule has 2 aliphatic rings. The van der Waals surface area contributed by atoms with Gasteiger partial charge < -0.3 is 14.8 Å². The van der Waals surface area contributed by atoms with Gasteiger partial charge in [-0.1, -0.05) is 62.3 Å². The van der Waals surface area contributed by atoms with E-state index in [1.165, 1.54) is 0 Å². The number of halogens is 1. The Labute approximate surface area is 226 Å². The molecule has 0 spiro atoms. The quantitative estimate of drug-likeness (QED) is 0.320. The van der Waals surface area contributed by atoms with Gasteiger partial charge in [-0.15, -0.1) is 5.10 Å². The van der Waals surface area contributed by atoms with Crippen molar-refractivity contribution in [3.05, 3.63) is 69.9 Å². The number of carbonyl (C=O) groups excluding carboxylic acids is 1. The van der Waals surface area contributed by atoms with Crippen LogP contribution in [0.4, 0.5) is 5.95 Å². The van der Waals surface area contributed by atoms with Crippen molar-refractivity contribution in [1.29, 1.82) is 0 Å². The molecule has 5 rings (SSSR count). The lowest BCUT2D eigenvalue weighted by Crippen LogP contribution is -2.36. The van der Waals surface area contributed by atoms with Crippen LogP contribution < -0.4 is 14.8 Å². The van der Waals surface area contributed by atoms with Crippen molar-refractivity contribution in [2.24, 2.45) is 5.41 Å². The maximum Gasteiger partial charge on any atom is 0.227 e. The fourth-order valence-electron chi connectivity index (χ4n) is 4.91. The molecule has 1 aliphatic carbocycles. The van der Waals surface area contributed by atoms with Gasteiger partial charge in [-0.3, -0.25) is 4.79 Å². The molecule has 0 saturated carbocycles. The fraction of sp³-hybridized carbons (Fsp3) is 0.393. The number of Topliss-reactive ketones (excluding diaryl/α,β-unsaturated/α-hetero) is 1. The van der Waals surface area contributed by atoms with Crippen LogP contribution in [0.25, 0.3) is 0 Å². The Morgan fingerprint density at radius 2 is 1.89 bits per heavy atom. The summed E-state index contributed by atoms with van der Waals surface area (Å²) >= 11 is 7.59. The van der Waals surface area contributed by atoms with Gasteiger partial charge in [0.1, 0.15) is 12.6 Å². The number of hydrogen-bond donors (Lipinski definition) is 1. The van der Waals surface area contributed by atoms with E-state index >= 15 is 0 Å². The van der Waals surface area contributed by atoms with E-state index in [1.807, 2.05) is 54.1 Å². The summed E-state index contributed by atoms with van der Waals surface area (Å²) in [6.45, 7) is 9.14. The Hall–Kier alpha value is -2.97. The number of rotatable bonds is 8. The molecule has 194 valence electrons. The number of ketones is 1. The van der Waals surface area contributed by atoms with Gasteiger partial charge >= 0.3 is 0 Å². The smallest absolute Gasteiger partial charge is 0.227 e. The minimum Gasteiger partial charge on any atom is -0.490 e. The Balaban J connectivity index is 1.54. The molecular formula is C28H31ClN4O3S. The molecule has 0 radical (unpaired) electrons. The molecule has 1 N–H and O–H groups in total. The summed E-state index contributed by atoms with van der Waals surface area (Å²) < 4.78 is 14.0. The highest BCUT2D eigenvalue weighted by molar-refractivity contribution is 7.99. The molecule has 7 nitrogen and oxygen atoms in total. The molecule has 0 amide bonds. The Morgan fingerprint density at radius 1 is 1.11 bits per heavy atom. The lowest BCUT2D eigenvalue weighted by Gasteiger charge is -2.38. The summed E-state index contributed by atoms with van der Waals surface area (Å²) in [6.07, 6.45) is 1.26. The molecule has 2 heterocycles. The zero-order chi connectivity index (χ0) is 26.2. The van der Waals surface area contributed by atoms with Crippen LogP contribution in [0.15, 0.2) is 58.9 Å². The largest absolute Gasteiger partial charge is 0.490 e. The van der Waals surface area contributed by atoms with Crippen LogP contribution in [0.3, 0.4) is 0 Å². The van der Waals surface area contributed by atoms with Gasteiger partial charge in [0.15, 0.2) is 17.3 Å². The van der Waals surface area contributed by atoms with E-state index in [0.717, 1.165) is 34.6 Å². The number of nitrogens with one attached hydrogen (secondary N) is 1. The van der Waals surface area contributed by atoms with Gasteiger partial charge in [0.05, 0.1) is 6.61 Å². The van der Waals surface area contributed by atoms with Gasteiger partial charge in [0, 0.05) is 22.7 Å². The summed E-state index contributed by atoms with van der Waals surface area (Å²) in [5.74, 6) is 2.92. The highest BCUT2D eigenvalue weighted by atomic mass is 35.5. The maximum absolute atomic E-state index is 13.5. The van der Waals surface area contributed by atoms with E-state index in [4.69, 9.17) is 31.2 Å². The third kappa shape index (κ3) is 5.36. The molecule has 1 aliphatic heterocycles. The minimum atomic E-state index is -0.391. The number of thioether (sulfide) groups is 1. The first kappa shape index (κ1) is 25.7. The second kappa shape index (κ2) is 10.4. The van der Waals surface area contributed by atoms with Crippen molar-refractivity contribution in [1.82, 2.24) is 14.8 Å². The van der Waals surface area contributed by atoms with E-state index in [9.17, 15) is 4.79 Å². The minimum absolute atomic E-state index is 0.119.